The van der Waals surface area contributed by atoms with Gasteiger partial charge in [-0.2, -0.15) is 0 Å². The van der Waals surface area contributed by atoms with Crippen LogP contribution in [-0.4, -0.2) is 23.0 Å². The molecule has 0 aliphatic heterocycles. The van der Waals surface area contributed by atoms with Crippen LogP contribution in [0.5, 0.6) is 0 Å². The molecule has 0 fully saturated rings. The number of hydrogen-bond acceptors (Lipinski definition) is 3. The zero-order valence-corrected chi connectivity index (χ0v) is 13.5. The first-order chi connectivity index (χ1) is 9.65. The van der Waals surface area contributed by atoms with E-state index in [1.807, 2.05) is 54.6 Å². The molecular weight excluding hydrogens is 334 g/mol. The van der Waals surface area contributed by atoms with Gasteiger partial charge in [0.25, 0.3) is 0 Å². The van der Waals surface area contributed by atoms with Crippen LogP contribution in [0.3, 0.4) is 0 Å². The third-order valence-electron chi connectivity index (χ3n) is 3.04. The van der Waals surface area contributed by atoms with Crippen molar-refractivity contribution in [3.63, 3.8) is 0 Å². The summed E-state index contributed by atoms with van der Waals surface area (Å²) < 4.78 is 1.06. The van der Waals surface area contributed by atoms with E-state index in [1.54, 1.807) is 11.8 Å². The smallest absolute Gasteiger partial charge is 0.0788 e. The fourth-order valence-electron chi connectivity index (χ4n) is 1.86. The highest BCUT2D eigenvalue weighted by atomic mass is 79.9. The molecule has 106 valence electrons. The number of hydrogen-bond donors (Lipinski definition) is 2. The van der Waals surface area contributed by atoms with E-state index < -0.39 is 6.10 Å². The molecular formula is C16H18BrNOS. The highest BCUT2D eigenvalue weighted by Gasteiger charge is 2.15. The highest BCUT2D eigenvalue weighted by Crippen LogP contribution is 2.22. The molecule has 4 heteroatoms. The molecule has 2 atom stereocenters. The van der Waals surface area contributed by atoms with Crippen LogP contribution in [0.25, 0.3) is 0 Å². The molecule has 0 aromatic heterocycles. The molecule has 0 bridgehead atoms. The second-order valence-corrected chi connectivity index (χ2v) is 6.69. The number of thioether (sulfide) groups is 1. The van der Waals surface area contributed by atoms with E-state index in [0.717, 1.165) is 14.9 Å². The minimum absolute atomic E-state index is 0.236. The molecule has 0 spiro atoms. The Bertz CT molecular complexity index is 518. The van der Waals surface area contributed by atoms with Gasteiger partial charge in [-0.1, -0.05) is 46.3 Å². The monoisotopic (exact) mass is 351 g/mol. The SMILES string of the molecule is NC(Cc1ccccc1)C(O)CSc1ccc(Br)cc1. The second-order valence-electron chi connectivity index (χ2n) is 4.69. The van der Waals surface area contributed by atoms with Crippen LogP contribution in [0.15, 0.2) is 64.0 Å². The molecule has 20 heavy (non-hydrogen) atoms. The average Bonchev–Trinajstić information content (AvgIpc) is 2.47. The standard InChI is InChI=1S/C16H18BrNOS/c17-13-6-8-14(9-7-13)20-11-16(19)15(18)10-12-4-2-1-3-5-12/h1-9,15-16,19H,10-11,18H2. The summed E-state index contributed by atoms with van der Waals surface area (Å²) in [7, 11) is 0. The average molecular weight is 352 g/mol. The molecule has 2 aromatic carbocycles. The Morgan fingerprint density at radius 2 is 1.70 bits per heavy atom. The molecule has 0 saturated heterocycles. The maximum absolute atomic E-state index is 10.1. The second kappa shape index (κ2) is 7.84. The van der Waals surface area contributed by atoms with Crippen molar-refractivity contribution >= 4 is 27.7 Å². The zero-order chi connectivity index (χ0) is 14.4. The van der Waals surface area contributed by atoms with Gasteiger partial charge in [-0.05, 0) is 36.2 Å². The Labute approximate surface area is 132 Å². The number of aliphatic hydroxyl groups is 1. The Morgan fingerprint density at radius 3 is 2.35 bits per heavy atom. The molecule has 0 saturated carbocycles. The molecule has 0 aliphatic rings. The predicted octanol–water partition coefficient (Wildman–Crippen LogP) is 3.47. The molecule has 2 nitrogen and oxygen atoms in total. The minimum Gasteiger partial charge on any atom is -0.391 e. The van der Waals surface area contributed by atoms with Gasteiger partial charge in [-0.3, -0.25) is 0 Å². The van der Waals surface area contributed by atoms with Crippen molar-refractivity contribution in [2.24, 2.45) is 5.73 Å². The van der Waals surface area contributed by atoms with Gasteiger partial charge in [-0.25, -0.2) is 0 Å². The van der Waals surface area contributed by atoms with E-state index in [0.29, 0.717) is 12.2 Å². The van der Waals surface area contributed by atoms with Crippen LogP contribution >= 0.6 is 27.7 Å². The maximum atomic E-state index is 10.1. The van der Waals surface area contributed by atoms with Crippen LogP contribution in [-0.2, 0) is 6.42 Å². The Morgan fingerprint density at radius 1 is 1.05 bits per heavy atom. The van der Waals surface area contributed by atoms with E-state index in [2.05, 4.69) is 15.9 Å². The number of rotatable bonds is 6. The molecule has 0 heterocycles. The third kappa shape index (κ3) is 4.94. The lowest BCUT2D eigenvalue weighted by Gasteiger charge is -2.18. The molecule has 2 rings (SSSR count). The van der Waals surface area contributed by atoms with Gasteiger partial charge in [0.2, 0.25) is 0 Å². The van der Waals surface area contributed by atoms with Crippen LogP contribution in [0.1, 0.15) is 5.56 Å². The fraction of sp³-hybridized carbons (Fsp3) is 0.250. The van der Waals surface area contributed by atoms with Gasteiger partial charge in [0.05, 0.1) is 6.10 Å². The van der Waals surface area contributed by atoms with Gasteiger partial charge in [0.15, 0.2) is 0 Å². The summed E-state index contributed by atoms with van der Waals surface area (Å²) in [5, 5.41) is 10.1. The summed E-state index contributed by atoms with van der Waals surface area (Å²) in [5.74, 6) is 0.607. The topological polar surface area (TPSA) is 46.2 Å². The van der Waals surface area contributed by atoms with E-state index in [1.165, 1.54) is 0 Å². The lowest BCUT2D eigenvalue weighted by atomic mass is 10.0. The van der Waals surface area contributed by atoms with Crippen LogP contribution in [0.2, 0.25) is 0 Å². The molecule has 2 aromatic rings. The van der Waals surface area contributed by atoms with Gasteiger partial charge in [-0.15, -0.1) is 11.8 Å². The lowest BCUT2D eigenvalue weighted by Crippen LogP contribution is -2.38. The molecule has 0 radical (unpaired) electrons. The van der Waals surface area contributed by atoms with Gasteiger partial charge < -0.3 is 10.8 Å². The van der Waals surface area contributed by atoms with Gasteiger partial charge >= 0.3 is 0 Å². The van der Waals surface area contributed by atoms with Crippen LogP contribution < -0.4 is 5.73 Å². The molecule has 0 aliphatic carbocycles. The number of benzene rings is 2. The van der Waals surface area contributed by atoms with Crippen molar-refractivity contribution in [1.82, 2.24) is 0 Å². The molecule has 3 N–H and O–H groups in total. The Hall–Kier alpha value is -0.810. The van der Waals surface area contributed by atoms with E-state index in [4.69, 9.17) is 5.73 Å². The zero-order valence-electron chi connectivity index (χ0n) is 11.1. The van der Waals surface area contributed by atoms with E-state index >= 15 is 0 Å². The van der Waals surface area contributed by atoms with Crippen LogP contribution in [0, 0.1) is 0 Å². The number of nitrogens with two attached hydrogens (primary N) is 1. The fourth-order valence-corrected chi connectivity index (χ4v) is 3.06. The molecule has 0 amide bonds. The quantitative estimate of drug-likeness (QED) is 0.783. The minimum atomic E-state index is -0.510. The highest BCUT2D eigenvalue weighted by molar-refractivity contribution is 9.10. The van der Waals surface area contributed by atoms with Gasteiger partial charge in [0, 0.05) is 21.2 Å². The number of halogens is 1. The van der Waals surface area contributed by atoms with E-state index in [9.17, 15) is 5.11 Å². The summed E-state index contributed by atoms with van der Waals surface area (Å²) in [4.78, 5) is 1.14. The Kier molecular flexibility index (Phi) is 6.10. The van der Waals surface area contributed by atoms with Crippen molar-refractivity contribution in [3.05, 3.63) is 64.6 Å². The first-order valence-corrected chi connectivity index (χ1v) is 8.29. The third-order valence-corrected chi connectivity index (χ3v) is 4.69. The summed E-state index contributed by atoms with van der Waals surface area (Å²) in [5.41, 5.74) is 7.23. The summed E-state index contributed by atoms with van der Waals surface area (Å²) in [6.07, 6.45) is 0.187. The first kappa shape index (κ1) is 15.6. The number of aliphatic hydroxyl groups excluding tert-OH is 1. The van der Waals surface area contributed by atoms with Crippen molar-refractivity contribution in [3.8, 4) is 0 Å². The maximum Gasteiger partial charge on any atom is 0.0788 e. The summed E-state index contributed by atoms with van der Waals surface area (Å²) in [6, 6.07) is 17.9. The Balaban J connectivity index is 1.82. The van der Waals surface area contributed by atoms with Crippen molar-refractivity contribution in [2.75, 3.05) is 5.75 Å². The normalized spacial score (nSPS) is 13.9. The molecule has 2 unspecified atom stereocenters. The van der Waals surface area contributed by atoms with Crippen molar-refractivity contribution in [2.45, 2.75) is 23.5 Å². The van der Waals surface area contributed by atoms with Crippen molar-refractivity contribution < 1.29 is 5.11 Å². The predicted molar refractivity (Wildman–Crippen MR) is 89.0 cm³/mol. The summed E-state index contributed by atoms with van der Waals surface area (Å²) in [6.45, 7) is 0. The van der Waals surface area contributed by atoms with Gasteiger partial charge in [0.1, 0.15) is 0 Å². The lowest BCUT2D eigenvalue weighted by molar-refractivity contribution is 0.167. The largest absolute Gasteiger partial charge is 0.391 e. The van der Waals surface area contributed by atoms with E-state index in [-0.39, 0.29) is 6.04 Å². The first-order valence-electron chi connectivity index (χ1n) is 6.51. The van der Waals surface area contributed by atoms with Crippen LogP contribution in [0.4, 0.5) is 0 Å². The van der Waals surface area contributed by atoms with Crippen molar-refractivity contribution in [1.29, 1.82) is 0 Å². The summed E-state index contributed by atoms with van der Waals surface area (Å²) >= 11 is 5.03.